The summed E-state index contributed by atoms with van der Waals surface area (Å²) in [6.45, 7) is 2.18. The maximum absolute atomic E-state index is 14.8. The van der Waals surface area contributed by atoms with E-state index in [0.29, 0.717) is 23.8 Å². The van der Waals surface area contributed by atoms with E-state index >= 15 is 0 Å². The molecule has 1 unspecified atom stereocenters. The van der Waals surface area contributed by atoms with Crippen LogP contribution in [0, 0.1) is 5.82 Å². The Hall–Kier alpha value is -2.44. The van der Waals surface area contributed by atoms with Gasteiger partial charge in [-0.05, 0) is 18.2 Å². The van der Waals surface area contributed by atoms with Crippen LogP contribution in [0.5, 0.6) is 0 Å². The molecular formula is C17H23FN4O6S. The summed E-state index contributed by atoms with van der Waals surface area (Å²) in [4.78, 5) is 26.3. The zero-order valence-corrected chi connectivity index (χ0v) is 16.9. The fourth-order valence-corrected chi connectivity index (χ4v) is 4.23. The van der Waals surface area contributed by atoms with Gasteiger partial charge in [0.15, 0.2) is 0 Å². The number of benzene rings is 1. The van der Waals surface area contributed by atoms with E-state index in [2.05, 4.69) is 0 Å². The molecule has 12 heteroatoms. The van der Waals surface area contributed by atoms with Gasteiger partial charge in [0.25, 0.3) is 0 Å². The lowest BCUT2D eigenvalue weighted by Gasteiger charge is -2.35. The van der Waals surface area contributed by atoms with Gasteiger partial charge < -0.3 is 9.64 Å². The van der Waals surface area contributed by atoms with Gasteiger partial charge in [0.2, 0.25) is 15.9 Å². The van der Waals surface area contributed by atoms with E-state index in [0.717, 1.165) is 6.26 Å². The first kappa shape index (κ1) is 21.3. The standard InChI is InChI=1S/C17H23FN4O6S/c1-12(23)21(25)10-14-11-28-17(24)22(14)13-3-4-16(15(18)9-13)19-5-7-20(8-6-19)29(2,26)27/h3-4,9,14,25H,5-8,10-11H2,1-2H3. The normalized spacial score (nSPS) is 20.7. The van der Waals surface area contributed by atoms with E-state index in [1.54, 1.807) is 11.0 Å². The average molecular weight is 430 g/mol. The van der Waals surface area contributed by atoms with Crippen molar-refractivity contribution < 1.29 is 32.3 Å². The van der Waals surface area contributed by atoms with Gasteiger partial charge in [-0.2, -0.15) is 4.31 Å². The summed E-state index contributed by atoms with van der Waals surface area (Å²) in [6.07, 6.45) is 0.448. The molecule has 2 aliphatic rings. The number of sulfonamides is 1. The highest BCUT2D eigenvalue weighted by Crippen LogP contribution is 2.29. The van der Waals surface area contributed by atoms with Crippen molar-refractivity contribution in [3.8, 4) is 0 Å². The summed E-state index contributed by atoms with van der Waals surface area (Å²) in [6, 6.07) is 3.61. The Balaban J connectivity index is 1.75. The SMILES string of the molecule is CC(=O)N(O)CC1COC(=O)N1c1ccc(N2CCN(S(C)(=O)=O)CC2)c(F)c1. The quantitative estimate of drug-likeness (QED) is 0.534. The van der Waals surface area contributed by atoms with Crippen molar-refractivity contribution in [1.29, 1.82) is 0 Å². The molecule has 1 N–H and O–H groups in total. The second-order valence-corrected chi connectivity index (χ2v) is 8.97. The smallest absolute Gasteiger partial charge is 0.414 e. The minimum Gasteiger partial charge on any atom is -0.447 e. The molecule has 10 nitrogen and oxygen atoms in total. The number of anilines is 2. The van der Waals surface area contributed by atoms with E-state index in [-0.39, 0.29) is 31.9 Å². The first-order valence-electron chi connectivity index (χ1n) is 9.00. The van der Waals surface area contributed by atoms with Crippen LogP contribution in [0.1, 0.15) is 6.92 Å². The van der Waals surface area contributed by atoms with Crippen LogP contribution in [0.3, 0.4) is 0 Å². The summed E-state index contributed by atoms with van der Waals surface area (Å²) in [5.74, 6) is -1.15. The first-order chi connectivity index (χ1) is 13.6. The van der Waals surface area contributed by atoms with Crippen molar-refractivity contribution in [3.63, 3.8) is 0 Å². The van der Waals surface area contributed by atoms with Crippen molar-refractivity contribution in [2.75, 3.05) is 55.4 Å². The molecule has 160 valence electrons. The van der Waals surface area contributed by atoms with Gasteiger partial charge in [-0.25, -0.2) is 22.7 Å². The fraction of sp³-hybridized carbons (Fsp3) is 0.529. The van der Waals surface area contributed by atoms with E-state index in [9.17, 15) is 27.6 Å². The number of rotatable bonds is 5. The van der Waals surface area contributed by atoms with Gasteiger partial charge in [-0.15, -0.1) is 0 Å². The Bertz CT molecular complexity index is 903. The summed E-state index contributed by atoms with van der Waals surface area (Å²) < 4.78 is 44.3. The molecule has 1 aromatic rings. The van der Waals surface area contributed by atoms with E-state index < -0.39 is 33.9 Å². The number of hydroxylamine groups is 2. The van der Waals surface area contributed by atoms with Gasteiger partial charge in [0.1, 0.15) is 12.4 Å². The predicted octanol–water partition coefficient (Wildman–Crippen LogP) is 0.470. The Morgan fingerprint density at radius 2 is 1.97 bits per heavy atom. The van der Waals surface area contributed by atoms with Crippen LogP contribution < -0.4 is 9.80 Å². The number of hydrogen-bond donors (Lipinski definition) is 1. The third kappa shape index (κ3) is 4.60. The molecule has 0 aromatic heterocycles. The lowest BCUT2D eigenvalue weighted by Crippen LogP contribution is -2.48. The number of piperazine rings is 1. The monoisotopic (exact) mass is 430 g/mol. The summed E-state index contributed by atoms with van der Waals surface area (Å²) in [5, 5.41) is 10.1. The first-order valence-corrected chi connectivity index (χ1v) is 10.9. The van der Waals surface area contributed by atoms with Gasteiger partial charge in [0.05, 0.1) is 30.2 Å². The number of amides is 2. The zero-order chi connectivity index (χ0) is 21.3. The molecule has 29 heavy (non-hydrogen) atoms. The lowest BCUT2D eigenvalue weighted by molar-refractivity contribution is -0.163. The van der Waals surface area contributed by atoms with Gasteiger partial charge in [-0.1, -0.05) is 0 Å². The molecule has 3 rings (SSSR count). The molecule has 0 radical (unpaired) electrons. The molecular weight excluding hydrogens is 407 g/mol. The van der Waals surface area contributed by atoms with Crippen molar-refractivity contribution in [3.05, 3.63) is 24.0 Å². The Morgan fingerprint density at radius 3 is 2.52 bits per heavy atom. The Morgan fingerprint density at radius 1 is 1.31 bits per heavy atom. The maximum atomic E-state index is 14.8. The van der Waals surface area contributed by atoms with Crippen molar-refractivity contribution in [1.82, 2.24) is 9.37 Å². The van der Waals surface area contributed by atoms with Crippen molar-refractivity contribution >= 4 is 33.4 Å². The number of halogens is 1. The second-order valence-electron chi connectivity index (χ2n) is 6.99. The van der Waals surface area contributed by atoms with Gasteiger partial charge >= 0.3 is 6.09 Å². The van der Waals surface area contributed by atoms with Crippen LogP contribution in [-0.2, 0) is 19.6 Å². The number of carbonyl (C=O) groups excluding carboxylic acids is 2. The number of ether oxygens (including phenoxy) is 1. The molecule has 2 aliphatic heterocycles. The van der Waals surface area contributed by atoms with E-state index in [1.165, 1.54) is 28.3 Å². The molecule has 2 heterocycles. The minimum absolute atomic E-state index is 0.0417. The summed E-state index contributed by atoms with van der Waals surface area (Å²) >= 11 is 0. The zero-order valence-electron chi connectivity index (χ0n) is 16.1. The largest absolute Gasteiger partial charge is 0.447 e. The number of nitrogens with zero attached hydrogens (tertiary/aromatic N) is 4. The van der Waals surface area contributed by atoms with E-state index in [1.807, 2.05) is 0 Å². The van der Waals surface area contributed by atoms with Gasteiger partial charge in [0, 0.05) is 33.1 Å². The lowest BCUT2D eigenvalue weighted by atomic mass is 10.2. The topological polar surface area (TPSA) is 111 Å². The van der Waals surface area contributed by atoms with Crippen LogP contribution in [0.2, 0.25) is 0 Å². The van der Waals surface area contributed by atoms with Crippen LogP contribution >= 0.6 is 0 Å². The van der Waals surface area contributed by atoms with Gasteiger partial charge in [-0.3, -0.25) is 14.9 Å². The molecule has 0 aliphatic carbocycles. The number of cyclic esters (lactones) is 1. The van der Waals surface area contributed by atoms with E-state index in [4.69, 9.17) is 4.74 Å². The predicted molar refractivity (Wildman–Crippen MR) is 102 cm³/mol. The third-order valence-electron chi connectivity index (χ3n) is 4.97. The van der Waals surface area contributed by atoms with Crippen molar-refractivity contribution in [2.45, 2.75) is 13.0 Å². The molecule has 2 amide bonds. The molecule has 1 aromatic carbocycles. The molecule has 2 saturated heterocycles. The molecule has 1 atom stereocenters. The summed E-state index contributed by atoms with van der Waals surface area (Å²) in [7, 11) is -3.28. The molecule has 0 spiro atoms. The average Bonchev–Trinajstić information content (AvgIpc) is 3.01. The van der Waals surface area contributed by atoms with Crippen LogP contribution in [-0.4, -0.2) is 86.6 Å². The minimum atomic E-state index is -3.28. The maximum Gasteiger partial charge on any atom is 0.414 e. The van der Waals surface area contributed by atoms with Crippen LogP contribution in [0.25, 0.3) is 0 Å². The molecule has 2 fully saturated rings. The second kappa shape index (κ2) is 8.13. The highest BCUT2D eigenvalue weighted by Gasteiger charge is 2.36. The highest BCUT2D eigenvalue weighted by molar-refractivity contribution is 7.88. The Labute approximate surface area is 168 Å². The molecule has 0 saturated carbocycles. The van der Waals surface area contributed by atoms with Crippen LogP contribution in [0.15, 0.2) is 18.2 Å². The highest BCUT2D eigenvalue weighted by atomic mass is 32.2. The fourth-order valence-electron chi connectivity index (χ4n) is 3.40. The molecule has 0 bridgehead atoms. The third-order valence-corrected chi connectivity index (χ3v) is 6.27. The summed E-state index contributed by atoms with van der Waals surface area (Å²) in [5.41, 5.74) is 0.545. The van der Waals surface area contributed by atoms with Crippen LogP contribution in [0.4, 0.5) is 20.6 Å². The Kier molecular flexibility index (Phi) is 5.96. The number of hydrogen-bond acceptors (Lipinski definition) is 7. The number of carbonyl (C=O) groups is 2. The van der Waals surface area contributed by atoms with Crippen molar-refractivity contribution in [2.24, 2.45) is 0 Å².